The van der Waals surface area contributed by atoms with Gasteiger partial charge in [0.25, 0.3) is 0 Å². The summed E-state index contributed by atoms with van der Waals surface area (Å²) < 4.78 is 10.7. The molecule has 1 N–H and O–H groups in total. The van der Waals surface area contributed by atoms with E-state index in [4.69, 9.17) is 9.47 Å². The van der Waals surface area contributed by atoms with Gasteiger partial charge in [-0.1, -0.05) is 17.8 Å². The maximum absolute atomic E-state index is 5.39. The molecule has 0 atom stereocenters. The van der Waals surface area contributed by atoms with E-state index in [1.165, 1.54) is 0 Å². The predicted molar refractivity (Wildman–Crippen MR) is 92.8 cm³/mol. The number of aromatic nitrogens is 2. The summed E-state index contributed by atoms with van der Waals surface area (Å²) in [5.74, 6) is 1.33. The maximum atomic E-state index is 5.39. The summed E-state index contributed by atoms with van der Waals surface area (Å²) in [5.41, 5.74) is 1.89. The summed E-state index contributed by atoms with van der Waals surface area (Å²) in [6, 6.07) is 12.0. The third-order valence-electron chi connectivity index (χ3n) is 3.44. The molecule has 0 amide bonds. The highest BCUT2D eigenvalue weighted by Gasteiger charge is 2.12. The lowest BCUT2D eigenvalue weighted by molar-refractivity contribution is 0.355. The van der Waals surface area contributed by atoms with Crippen LogP contribution in [0.2, 0.25) is 0 Å². The lowest BCUT2D eigenvalue weighted by Crippen LogP contribution is -1.93. The topological polar surface area (TPSA) is 56.3 Å². The maximum Gasteiger partial charge on any atom is 0.162 e. The van der Waals surface area contributed by atoms with Crippen molar-refractivity contribution in [2.75, 3.05) is 26.6 Å². The molecule has 0 aliphatic rings. The van der Waals surface area contributed by atoms with Crippen molar-refractivity contribution < 1.29 is 9.47 Å². The number of anilines is 1. The van der Waals surface area contributed by atoms with Crippen molar-refractivity contribution in [1.82, 2.24) is 9.97 Å². The molecule has 3 rings (SSSR count). The van der Waals surface area contributed by atoms with Gasteiger partial charge in [-0.15, -0.1) is 0 Å². The number of methoxy groups -OCH3 is 2. The lowest BCUT2D eigenvalue weighted by Gasteiger charge is -2.11. The molecule has 5 nitrogen and oxygen atoms in total. The van der Waals surface area contributed by atoms with Crippen molar-refractivity contribution in [3.8, 4) is 11.5 Å². The van der Waals surface area contributed by atoms with Gasteiger partial charge in [-0.2, -0.15) is 0 Å². The number of hydrogen-bond donors (Lipinski definition) is 1. The lowest BCUT2D eigenvalue weighted by atomic mass is 10.2. The Hall–Kier alpha value is -2.47. The molecule has 6 heteroatoms. The van der Waals surface area contributed by atoms with Gasteiger partial charge >= 0.3 is 0 Å². The summed E-state index contributed by atoms with van der Waals surface area (Å²) in [5, 5.41) is 4.96. The SMILES string of the molecule is CNc1cccc(Sc2ncnc3cc(OC)c(OC)cc23)c1. The van der Waals surface area contributed by atoms with Gasteiger partial charge in [0.2, 0.25) is 0 Å². The number of nitrogens with zero attached hydrogens (tertiary/aromatic N) is 2. The summed E-state index contributed by atoms with van der Waals surface area (Å²) in [6.45, 7) is 0. The molecule has 0 bridgehead atoms. The average molecular weight is 327 g/mol. The molecule has 23 heavy (non-hydrogen) atoms. The van der Waals surface area contributed by atoms with Gasteiger partial charge in [0.1, 0.15) is 11.4 Å². The molecular formula is C17H17N3O2S. The van der Waals surface area contributed by atoms with Gasteiger partial charge < -0.3 is 14.8 Å². The van der Waals surface area contributed by atoms with Crippen LogP contribution in [-0.4, -0.2) is 31.2 Å². The summed E-state index contributed by atoms with van der Waals surface area (Å²) in [6.07, 6.45) is 1.57. The molecule has 2 aromatic carbocycles. The van der Waals surface area contributed by atoms with Crippen molar-refractivity contribution >= 4 is 28.4 Å². The molecule has 118 valence electrons. The summed E-state index contributed by atoms with van der Waals surface area (Å²) in [4.78, 5) is 9.86. The Labute approximate surface area is 139 Å². The van der Waals surface area contributed by atoms with Crippen molar-refractivity contribution in [2.24, 2.45) is 0 Å². The molecule has 0 fully saturated rings. The first-order valence-corrected chi connectivity index (χ1v) is 7.89. The molecule has 1 heterocycles. The highest BCUT2D eigenvalue weighted by Crippen LogP contribution is 2.37. The minimum absolute atomic E-state index is 0.659. The Balaban J connectivity index is 2.06. The summed E-state index contributed by atoms with van der Waals surface area (Å²) in [7, 11) is 5.14. The molecule has 3 aromatic rings. The second-order valence-electron chi connectivity index (χ2n) is 4.78. The monoisotopic (exact) mass is 327 g/mol. The van der Waals surface area contributed by atoms with Gasteiger partial charge in [-0.3, -0.25) is 0 Å². The number of ether oxygens (including phenoxy) is 2. The smallest absolute Gasteiger partial charge is 0.162 e. The minimum atomic E-state index is 0.659. The Bertz CT molecular complexity index is 839. The van der Waals surface area contributed by atoms with Crippen LogP contribution in [0.4, 0.5) is 5.69 Å². The van der Waals surface area contributed by atoms with E-state index in [9.17, 15) is 0 Å². The van der Waals surface area contributed by atoms with Crippen LogP contribution in [-0.2, 0) is 0 Å². The Morgan fingerprint density at radius 2 is 1.78 bits per heavy atom. The van der Waals surface area contributed by atoms with Crippen LogP contribution in [0.5, 0.6) is 11.5 Å². The predicted octanol–water partition coefficient (Wildman–Crippen LogP) is 3.84. The van der Waals surface area contributed by atoms with E-state index in [1.54, 1.807) is 32.3 Å². The van der Waals surface area contributed by atoms with Crippen molar-refractivity contribution in [3.05, 3.63) is 42.7 Å². The summed E-state index contributed by atoms with van der Waals surface area (Å²) >= 11 is 1.59. The van der Waals surface area contributed by atoms with Gasteiger partial charge in [-0.25, -0.2) is 9.97 Å². The second-order valence-corrected chi connectivity index (χ2v) is 5.85. The zero-order valence-electron chi connectivity index (χ0n) is 13.2. The first-order chi connectivity index (χ1) is 11.2. The molecule has 0 aliphatic carbocycles. The molecule has 1 aromatic heterocycles. The normalized spacial score (nSPS) is 10.6. The number of rotatable bonds is 5. The van der Waals surface area contributed by atoms with Crippen LogP contribution in [0.25, 0.3) is 10.9 Å². The van der Waals surface area contributed by atoms with E-state index in [-0.39, 0.29) is 0 Å². The van der Waals surface area contributed by atoms with E-state index in [0.717, 1.165) is 26.5 Å². The first kappa shape index (κ1) is 15.4. The molecular weight excluding hydrogens is 310 g/mol. The van der Waals surface area contributed by atoms with Crippen LogP contribution in [0.15, 0.2) is 52.6 Å². The first-order valence-electron chi connectivity index (χ1n) is 7.07. The highest BCUT2D eigenvalue weighted by atomic mass is 32.2. The average Bonchev–Trinajstić information content (AvgIpc) is 2.61. The van der Waals surface area contributed by atoms with Crippen LogP contribution < -0.4 is 14.8 Å². The minimum Gasteiger partial charge on any atom is -0.493 e. The van der Waals surface area contributed by atoms with Crippen LogP contribution in [0.1, 0.15) is 0 Å². The van der Waals surface area contributed by atoms with E-state index in [2.05, 4.69) is 27.4 Å². The van der Waals surface area contributed by atoms with E-state index >= 15 is 0 Å². The Kier molecular flexibility index (Phi) is 4.52. The Morgan fingerprint density at radius 3 is 2.52 bits per heavy atom. The molecule has 0 radical (unpaired) electrons. The van der Waals surface area contributed by atoms with Crippen LogP contribution in [0.3, 0.4) is 0 Å². The standard InChI is InChI=1S/C17H17N3O2S/c1-18-11-5-4-6-12(7-11)23-17-13-8-15(21-2)16(22-3)9-14(13)19-10-20-17/h4-10,18H,1-3H3. The highest BCUT2D eigenvalue weighted by molar-refractivity contribution is 7.99. The zero-order valence-corrected chi connectivity index (χ0v) is 14.0. The molecule has 0 saturated carbocycles. The second kappa shape index (κ2) is 6.75. The fourth-order valence-electron chi connectivity index (χ4n) is 2.27. The van der Waals surface area contributed by atoms with Crippen LogP contribution >= 0.6 is 11.8 Å². The number of hydrogen-bond acceptors (Lipinski definition) is 6. The molecule has 0 aliphatic heterocycles. The van der Waals surface area contributed by atoms with Crippen molar-refractivity contribution in [2.45, 2.75) is 9.92 Å². The fourth-order valence-corrected chi connectivity index (χ4v) is 3.20. The largest absolute Gasteiger partial charge is 0.493 e. The molecule has 0 unspecified atom stereocenters. The number of fused-ring (bicyclic) bond motifs is 1. The van der Waals surface area contributed by atoms with Crippen molar-refractivity contribution in [1.29, 1.82) is 0 Å². The number of benzene rings is 2. The van der Waals surface area contributed by atoms with Gasteiger partial charge in [0, 0.05) is 29.1 Å². The molecule has 0 saturated heterocycles. The third kappa shape index (κ3) is 3.17. The third-order valence-corrected chi connectivity index (χ3v) is 4.45. The van der Waals surface area contributed by atoms with E-state index < -0.39 is 0 Å². The van der Waals surface area contributed by atoms with E-state index in [1.807, 2.05) is 31.3 Å². The fraction of sp³-hybridized carbons (Fsp3) is 0.176. The van der Waals surface area contributed by atoms with Crippen molar-refractivity contribution in [3.63, 3.8) is 0 Å². The Morgan fingerprint density at radius 1 is 1.00 bits per heavy atom. The van der Waals surface area contributed by atoms with Gasteiger partial charge in [-0.05, 0) is 24.3 Å². The zero-order chi connectivity index (χ0) is 16.2. The van der Waals surface area contributed by atoms with Crippen LogP contribution in [0, 0.1) is 0 Å². The van der Waals surface area contributed by atoms with Gasteiger partial charge in [0.05, 0.1) is 19.7 Å². The molecule has 0 spiro atoms. The van der Waals surface area contributed by atoms with Gasteiger partial charge in [0.15, 0.2) is 11.5 Å². The number of nitrogens with one attached hydrogen (secondary N) is 1. The quantitative estimate of drug-likeness (QED) is 0.719. The van der Waals surface area contributed by atoms with E-state index in [0.29, 0.717) is 11.5 Å².